The van der Waals surface area contributed by atoms with Crippen LogP contribution in [-0.4, -0.2) is 0 Å². The molecule has 120 valence electrons. The van der Waals surface area contributed by atoms with Crippen LogP contribution in [0.4, 0.5) is 0 Å². The van der Waals surface area contributed by atoms with Gasteiger partial charge in [-0.1, -0.05) is 82.7 Å². The van der Waals surface area contributed by atoms with Crippen molar-refractivity contribution in [2.24, 2.45) is 0 Å². The van der Waals surface area contributed by atoms with E-state index in [2.05, 4.69) is 77.1 Å². The fourth-order valence-corrected chi connectivity index (χ4v) is 3.70. The van der Waals surface area contributed by atoms with Gasteiger partial charge in [0.25, 0.3) is 0 Å². The number of allylic oxidation sites excluding steroid dienone is 1. The third kappa shape index (κ3) is 2.87. The summed E-state index contributed by atoms with van der Waals surface area (Å²) in [4.78, 5) is 0. The number of benzene rings is 2. The molecule has 0 radical (unpaired) electrons. The molecule has 1 aliphatic carbocycles. The van der Waals surface area contributed by atoms with E-state index in [-0.39, 0.29) is 5.41 Å². The summed E-state index contributed by atoms with van der Waals surface area (Å²) >= 11 is 0. The number of hydrogen-bond acceptors (Lipinski definition) is 0. The Morgan fingerprint density at radius 3 is 2.30 bits per heavy atom. The van der Waals surface area contributed by atoms with E-state index in [9.17, 15) is 0 Å². The minimum Gasteiger partial charge on any atom is -0.0655 e. The first-order valence-corrected chi connectivity index (χ1v) is 8.89. The first kappa shape index (κ1) is 16.1. The molecule has 2 aromatic carbocycles. The van der Waals surface area contributed by atoms with Gasteiger partial charge in [0, 0.05) is 0 Å². The van der Waals surface area contributed by atoms with Crippen molar-refractivity contribution in [3.05, 3.63) is 64.2 Å². The topological polar surface area (TPSA) is 0 Å². The lowest BCUT2D eigenvalue weighted by Crippen LogP contribution is -2.14. The third-order valence-corrected chi connectivity index (χ3v) is 5.03. The highest BCUT2D eigenvalue weighted by atomic mass is 14.3. The summed E-state index contributed by atoms with van der Waals surface area (Å²) in [5.74, 6) is 0. The van der Waals surface area contributed by atoms with Crippen molar-refractivity contribution in [1.29, 1.82) is 0 Å². The van der Waals surface area contributed by atoms with Crippen LogP contribution in [0.5, 0.6) is 0 Å². The maximum Gasteiger partial charge on any atom is -0.00577 e. The van der Waals surface area contributed by atoms with E-state index >= 15 is 0 Å². The van der Waals surface area contributed by atoms with Crippen molar-refractivity contribution in [2.45, 2.75) is 59.3 Å². The molecule has 23 heavy (non-hydrogen) atoms. The van der Waals surface area contributed by atoms with E-state index in [0.717, 1.165) is 19.3 Å². The predicted molar refractivity (Wildman–Crippen MR) is 102 cm³/mol. The number of hydrogen-bond donors (Lipinski definition) is 0. The average molecular weight is 304 g/mol. The molecule has 0 atom stereocenters. The third-order valence-electron chi connectivity index (χ3n) is 5.03. The van der Waals surface area contributed by atoms with Gasteiger partial charge in [-0.15, -0.1) is 0 Å². The molecule has 0 bridgehead atoms. The van der Waals surface area contributed by atoms with Gasteiger partial charge in [0.15, 0.2) is 0 Å². The van der Waals surface area contributed by atoms with Crippen LogP contribution in [0.1, 0.15) is 63.3 Å². The monoisotopic (exact) mass is 304 g/mol. The van der Waals surface area contributed by atoms with Crippen molar-refractivity contribution in [1.82, 2.24) is 0 Å². The van der Waals surface area contributed by atoms with Gasteiger partial charge in [0.05, 0.1) is 0 Å². The summed E-state index contributed by atoms with van der Waals surface area (Å²) in [6.45, 7) is 11.5. The molecule has 0 nitrogen and oxygen atoms in total. The molecule has 0 aromatic heterocycles. The SMILES string of the molecule is CCC1=Cc2c(ccc(C(C)(C)C)c2-c2ccccc2CC)C1. The van der Waals surface area contributed by atoms with Gasteiger partial charge in [-0.3, -0.25) is 0 Å². The molecule has 0 unspecified atom stereocenters. The summed E-state index contributed by atoms with van der Waals surface area (Å²) in [5.41, 5.74) is 10.5. The van der Waals surface area contributed by atoms with Crippen molar-refractivity contribution in [3.8, 4) is 11.1 Å². The Kier molecular flexibility index (Phi) is 4.19. The second-order valence-corrected chi connectivity index (χ2v) is 7.65. The van der Waals surface area contributed by atoms with Gasteiger partial charge in [-0.25, -0.2) is 0 Å². The Bertz CT molecular complexity index is 754. The zero-order chi connectivity index (χ0) is 16.6. The van der Waals surface area contributed by atoms with Crippen molar-refractivity contribution in [2.75, 3.05) is 0 Å². The highest BCUT2D eigenvalue weighted by Gasteiger charge is 2.25. The summed E-state index contributed by atoms with van der Waals surface area (Å²) < 4.78 is 0. The van der Waals surface area contributed by atoms with Gasteiger partial charge in [0.2, 0.25) is 0 Å². The van der Waals surface area contributed by atoms with Crippen molar-refractivity contribution >= 4 is 6.08 Å². The second kappa shape index (κ2) is 6.00. The fraction of sp³-hybridized carbons (Fsp3) is 0.391. The van der Waals surface area contributed by atoms with Crippen molar-refractivity contribution in [3.63, 3.8) is 0 Å². The maximum absolute atomic E-state index is 2.45. The van der Waals surface area contributed by atoms with Gasteiger partial charge >= 0.3 is 0 Å². The fourth-order valence-electron chi connectivity index (χ4n) is 3.70. The van der Waals surface area contributed by atoms with Crippen LogP contribution in [0.25, 0.3) is 17.2 Å². The first-order chi connectivity index (χ1) is 11.0. The highest BCUT2D eigenvalue weighted by Crippen LogP contribution is 2.42. The molecule has 1 aliphatic rings. The zero-order valence-corrected chi connectivity index (χ0v) is 15.2. The minimum atomic E-state index is 0.147. The van der Waals surface area contributed by atoms with E-state index in [1.165, 1.54) is 33.4 Å². The Morgan fingerprint density at radius 2 is 1.65 bits per heavy atom. The molecule has 0 heterocycles. The van der Waals surface area contributed by atoms with Crippen LogP contribution in [0.2, 0.25) is 0 Å². The largest absolute Gasteiger partial charge is 0.0655 e. The quantitative estimate of drug-likeness (QED) is 0.602. The molecular formula is C23H28. The van der Waals surface area contributed by atoms with E-state index in [1.54, 1.807) is 5.57 Å². The second-order valence-electron chi connectivity index (χ2n) is 7.65. The van der Waals surface area contributed by atoms with E-state index < -0.39 is 0 Å². The van der Waals surface area contributed by atoms with Crippen LogP contribution in [-0.2, 0) is 18.3 Å². The Balaban J connectivity index is 2.33. The molecule has 0 N–H and O–H groups in total. The lowest BCUT2D eigenvalue weighted by molar-refractivity contribution is 0.591. The van der Waals surface area contributed by atoms with Gasteiger partial charge < -0.3 is 0 Å². The molecule has 0 fully saturated rings. The molecule has 0 saturated heterocycles. The molecule has 0 saturated carbocycles. The highest BCUT2D eigenvalue weighted by molar-refractivity contribution is 5.85. The normalized spacial score (nSPS) is 13.9. The number of rotatable bonds is 3. The molecule has 0 heteroatoms. The molecule has 0 aliphatic heterocycles. The lowest BCUT2D eigenvalue weighted by atomic mass is 9.78. The van der Waals surface area contributed by atoms with Crippen LogP contribution >= 0.6 is 0 Å². The summed E-state index contributed by atoms with van der Waals surface area (Å²) in [6.07, 6.45) is 5.80. The van der Waals surface area contributed by atoms with Crippen LogP contribution < -0.4 is 0 Å². The molecule has 0 spiro atoms. The van der Waals surface area contributed by atoms with Gasteiger partial charge in [0.1, 0.15) is 0 Å². The van der Waals surface area contributed by atoms with E-state index in [4.69, 9.17) is 0 Å². The number of aryl methyl sites for hydroxylation is 1. The van der Waals surface area contributed by atoms with Crippen LogP contribution in [0.15, 0.2) is 42.0 Å². The minimum absolute atomic E-state index is 0.147. The average Bonchev–Trinajstić information content (AvgIpc) is 2.96. The smallest absolute Gasteiger partial charge is 0.00577 e. The molecule has 0 amide bonds. The Morgan fingerprint density at radius 1 is 0.913 bits per heavy atom. The zero-order valence-electron chi connectivity index (χ0n) is 15.2. The van der Waals surface area contributed by atoms with Crippen LogP contribution in [0.3, 0.4) is 0 Å². The van der Waals surface area contributed by atoms with E-state index in [1.807, 2.05) is 0 Å². The van der Waals surface area contributed by atoms with Crippen LogP contribution in [0, 0.1) is 0 Å². The van der Waals surface area contributed by atoms with Gasteiger partial charge in [-0.05, 0) is 58.1 Å². The summed E-state index contributed by atoms with van der Waals surface area (Å²) in [5, 5.41) is 0. The standard InChI is InChI=1S/C23H28/c1-6-16-14-18-12-13-21(23(3,4)5)22(20(18)15-16)19-11-9-8-10-17(19)7-2/h8-13,15H,6-7,14H2,1-5H3. The number of fused-ring (bicyclic) bond motifs is 1. The summed E-state index contributed by atoms with van der Waals surface area (Å²) in [6, 6.07) is 13.7. The lowest BCUT2D eigenvalue weighted by Gasteiger charge is -2.26. The van der Waals surface area contributed by atoms with E-state index in [0.29, 0.717) is 0 Å². The molecular weight excluding hydrogens is 276 g/mol. The molecule has 3 rings (SSSR count). The van der Waals surface area contributed by atoms with Gasteiger partial charge in [-0.2, -0.15) is 0 Å². The summed E-state index contributed by atoms with van der Waals surface area (Å²) in [7, 11) is 0. The molecule has 2 aromatic rings. The Hall–Kier alpha value is -1.82. The van der Waals surface area contributed by atoms with Crippen molar-refractivity contribution < 1.29 is 0 Å². The first-order valence-electron chi connectivity index (χ1n) is 8.89. The Labute approximate surface area is 141 Å². The maximum atomic E-state index is 2.45. The predicted octanol–water partition coefficient (Wildman–Crippen LogP) is 6.56.